The van der Waals surface area contributed by atoms with E-state index in [2.05, 4.69) is 19.2 Å². The smallest absolute Gasteiger partial charge is 0.183 e. The Bertz CT molecular complexity index is 958. The number of benzene rings is 1. The normalized spacial score (nSPS) is 11.9. The Kier molecular flexibility index (Phi) is 5.29. The fourth-order valence-corrected chi connectivity index (χ4v) is 3.70. The fourth-order valence-electron chi connectivity index (χ4n) is 2.85. The van der Waals surface area contributed by atoms with Gasteiger partial charge in [0.1, 0.15) is 22.8 Å². The van der Waals surface area contributed by atoms with Gasteiger partial charge in [0.2, 0.25) is 0 Å². The molecule has 0 unspecified atom stereocenters. The number of anilines is 1. The quantitative estimate of drug-likeness (QED) is 0.613. The zero-order valence-corrected chi connectivity index (χ0v) is 17.8. The van der Waals surface area contributed by atoms with Gasteiger partial charge in [-0.05, 0) is 53.7 Å². The predicted molar refractivity (Wildman–Crippen MR) is 113 cm³/mol. The zero-order chi connectivity index (χ0) is 19.8. The topological polar surface area (TPSA) is 56.3 Å². The second-order valence-corrected chi connectivity index (χ2v) is 8.70. The van der Waals surface area contributed by atoms with Crippen molar-refractivity contribution >= 4 is 27.4 Å². The van der Waals surface area contributed by atoms with Crippen molar-refractivity contribution in [1.29, 1.82) is 0 Å². The molecule has 1 aromatic carbocycles. The molecule has 0 bridgehead atoms. The molecule has 3 rings (SSSR count). The summed E-state index contributed by atoms with van der Waals surface area (Å²) in [6.45, 7) is 12.3. The van der Waals surface area contributed by atoms with Gasteiger partial charge < -0.3 is 14.8 Å². The summed E-state index contributed by atoms with van der Waals surface area (Å²) in [6.07, 6.45) is 0. The first-order valence-electron chi connectivity index (χ1n) is 9.07. The molecule has 2 heterocycles. The minimum Gasteiger partial charge on any atom is -0.496 e. The Labute approximate surface area is 164 Å². The van der Waals surface area contributed by atoms with Crippen LogP contribution in [0.25, 0.3) is 22.3 Å². The van der Waals surface area contributed by atoms with Crippen LogP contribution in [0.4, 0.5) is 5.13 Å². The SMILES string of the molecule is COc1ccc2c(OC(C)(C)C)cc(-c3csc(NC(C)C)n3)nc2c1C. The largest absolute Gasteiger partial charge is 0.496 e. The zero-order valence-electron chi connectivity index (χ0n) is 17.0. The maximum atomic E-state index is 6.26. The monoisotopic (exact) mass is 385 g/mol. The second-order valence-electron chi connectivity index (χ2n) is 7.85. The van der Waals surface area contributed by atoms with Crippen LogP contribution < -0.4 is 14.8 Å². The molecule has 0 spiro atoms. The number of fused-ring (bicyclic) bond motifs is 1. The second kappa shape index (κ2) is 7.35. The van der Waals surface area contributed by atoms with Gasteiger partial charge in [-0.3, -0.25) is 0 Å². The molecule has 27 heavy (non-hydrogen) atoms. The third-order valence-electron chi connectivity index (χ3n) is 3.96. The highest BCUT2D eigenvalue weighted by Gasteiger charge is 2.19. The highest BCUT2D eigenvalue weighted by molar-refractivity contribution is 7.14. The maximum Gasteiger partial charge on any atom is 0.183 e. The van der Waals surface area contributed by atoms with E-state index in [1.807, 2.05) is 51.3 Å². The van der Waals surface area contributed by atoms with Crippen molar-refractivity contribution in [3.8, 4) is 22.9 Å². The number of nitrogens with one attached hydrogen (secondary N) is 1. The van der Waals surface area contributed by atoms with E-state index in [0.717, 1.165) is 44.5 Å². The molecular formula is C21H27N3O2S. The summed E-state index contributed by atoms with van der Waals surface area (Å²) in [4.78, 5) is 9.59. The lowest BCUT2D eigenvalue weighted by Gasteiger charge is -2.23. The van der Waals surface area contributed by atoms with Gasteiger partial charge in [-0.1, -0.05) is 0 Å². The highest BCUT2D eigenvalue weighted by Crippen LogP contribution is 2.37. The molecule has 0 aliphatic carbocycles. The number of hydrogen-bond donors (Lipinski definition) is 1. The van der Waals surface area contributed by atoms with Crippen molar-refractivity contribution in [3.05, 3.63) is 29.1 Å². The maximum absolute atomic E-state index is 6.26. The molecule has 0 amide bonds. The Hall–Kier alpha value is -2.34. The summed E-state index contributed by atoms with van der Waals surface area (Å²) in [7, 11) is 1.68. The van der Waals surface area contributed by atoms with E-state index in [1.165, 1.54) is 0 Å². The van der Waals surface area contributed by atoms with E-state index in [-0.39, 0.29) is 5.60 Å². The van der Waals surface area contributed by atoms with E-state index < -0.39 is 0 Å². The first-order chi connectivity index (χ1) is 12.7. The molecule has 2 aromatic heterocycles. The van der Waals surface area contributed by atoms with Crippen LogP contribution in [0.5, 0.6) is 11.5 Å². The van der Waals surface area contributed by atoms with E-state index in [4.69, 9.17) is 19.4 Å². The molecule has 0 fully saturated rings. The van der Waals surface area contributed by atoms with Gasteiger partial charge in [0.25, 0.3) is 0 Å². The van der Waals surface area contributed by atoms with Gasteiger partial charge in [-0.2, -0.15) is 0 Å². The molecule has 0 saturated heterocycles. The summed E-state index contributed by atoms with van der Waals surface area (Å²) >= 11 is 1.58. The molecule has 3 aromatic rings. The summed E-state index contributed by atoms with van der Waals surface area (Å²) < 4.78 is 11.7. The molecule has 1 N–H and O–H groups in total. The van der Waals surface area contributed by atoms with Crippen LogP contribution in [0, 0.1) is 6.92 Å². The van der Waals surface area contributed by atoms with Crippen LogP contribution in [0.1, 0.15) is 40.2 Å². The molecule has 144 valence electrons. The third-order valence-corrected chi connectivity index (χ3v) is 4.74. The number of aromatic nitrogens is 2. The summed E-state index contributed by atoms with van der Waals surface area (Å²) in [5, 5.41) is 7.23. The molecular weight excluding hydrogens is 358 g/mol. The molecule has 5 nitrogen and oxygen atoms in total. The molecule has 0 atom stereocenters. The van der Waals surface area contributed by atoms with Crippen LogP contribution in [0.3, 0.4) is 0 Å². The summed E-state index contributed by atoms with van der Waals surface area (Å²) in [6, 6.07) is 6.28. The Morgan fingerprint density at radius 1 is 1.07 bits per heavy atom. The van der Waals surface area contributed by atoms with Crippen molar-refractivity contribution in [2.75, 3.05) is 12.4 Å². The lowest BCUT2D eigenvalue weighted by Crippen LogP contribution is -2.23. The molecule has 0 saturated carbocycles. The number of thiazole rings is 1. The standard InChI is InChI=1S/C21H27N3O2S/c1-12(2)22-20-24-16(11-27-20)15-10-18(26-21(4,5)6)14-8-9-17(25-7)13(3)19(14)23-15/h8-12H,1-7H3,(H,22,24). The van der Waals surface area contributed by atoms with Crippen LogP contribution in [-0.4, -0.2) is 28.7 Å². The minimum absolute atomic E-state index is 0.314. The van der Waals surface area contributed by atoms with Gasteiger partial charge in [-0.15, -0.1) is 11.3 Å². The molecule has 0 aliphatic rings. The van der Waals surface area contributed by atoms with Crippen LogP contribution in [0.2, 0.25) is 0 Å². The Morgan fingerprint density at radius 2 is 1.81 bits per heavy atom. The summed E-state index contributed by atoms with van der Waals surface area (Å²) in [5.74, 6) is 1.62. The number of rotatable bonds is 5. The van der Waals surface area contributed by atoms with Crippen molar-refractivity contribution < 1.29 is 9.47 Å². The van der Waals surface area contributed by atoms with Crippen LogP contribution >= 0.6 is 11.3 Å². The van der Waals surface area contributed by atoms with Crippen molar-refractivity contribution in [1.82, 2.24) is 9.97 Å². The van der Waals surface area contributed by atoms with Gasteiger partial charge in [0.15, 0.2) is 5.13 Å². The minimum atomic E-state index is -0.314. The number of ether oxygens (including phenoxy) is 2. The molecule has 6 heteroatoms. The van der Waals surface area contributed by atoms with Crippen LogP contribution in [0.15, 0.2) is 23.6 Å². The molecule has 0 radical (unpaired) electrons. The van der Waals surface area contributed by atoms with E-state index in [0.29, 0.717) is 6.04 Å². The number of hydrogen-bond acceptors (Lipinski definition) is 6. The van der Waals surface area contributed by atoms with E-state index >= 15 is 0 Å². The number of nitrogens with zero attached hydrogens (tertiary/aromatic N) is 2. The third kappa shape index (κ3) is 4.33. The van der Waals surface area contributed by atoms with Crippen molar-refractivity contribution in [2.45, 2.75) is 53.2 Å². The predicted octanol–water partition coefficient (Wildman–Crippen LogP) is 5.67. The van der Waals surface area contributed by atoms with Gasteiger partial charge in [0.05, 0.1) is 18.3 Å². The van der Waals surface area contributed by atoms with Crippen molar-refractivity contribution in [3.63, 3.8) is 0 Å². The average Bonchev–Trinajstić information content (AvgIpc) is 3.02. The first-order valence-corrected chi connectivity index (χ1v) is 9.95. The number of aryl methyl sites for hydroxylation is 1. The van der Waals surface area contributed by atoms with E-state index in [1.54, 1.807) is 18.4 Å². The lowest BCUT2D eigenvalue weighted by molar-refractivity contribution is 0.133. The van der Waals surface area contributed by atoms with Gasteiger partial charge >= 0.3 is 0 Å². The number of pyridine rings is 1. The van der Waals surface area contributed by atoms with Crippen molar-refractivity contribution in [2.24, 2.45) is 0 Å². The fraction of sp³-hybridized carbons (Fsp3) is 0.429. The lowest BCUT2D eigenvalue weighted by atomic mass is 10.1. The van der Waals surface area contributed by atoms with E-state index in [9.17, 15) is 0 Å². The van der Waals surface area contributed by atoms with Crippen LogP contribution in [-0.2, 0) is 0 Å². The Balaban J connectivity index is 2.17. The summed E-state index contributed by atoms with van der Waals surface area (Å²) in [5.41, 5.74) is 3.19. The Morgan fingerprint density at radius 3 is 2.44 bits per heavy atom. The number of methoxy groups -OCH3 is 1. The highest BCUT2D eigenvalue weighted by atomic mass is 32.1. The average molecular weight is 386 g/mol. The van der Waals surface area contributed by atoms with Gasteiger partial charge in [-0.25, -0.2) is 9.97 Å². The van der Waals surface area contributed by atoms with Gasteiger partial charge in [0, 0.05) is 28.4 Å². The molecule has 0 aliphatic heterocycles. The first kappa shape index (κ1) is 19.4.